The van der Waals surface area contributed by atoms with E-state index in [0.29, 0.717) is 153 Å². The van der Waals surface area contributed by atoms with Crippen molar-refractivity contribution in [3.63, 3.8) is 0 Å². The van der Waals surface area contributed by atoms with Crippen LogP contribution in [0.5, 0.6) is 5.75 Å². The summed E-state index contributed by atoms with van der Waals surface area (Å²) in [5.41, 5.74) is 9.20. The van der Waals surface area contributed by atoms with E-state index in [1.165, 1.54) is 57.9 Å². The molecule has 3 N–H and O–H groups in total. The summed E-state index contributed by atoms with van der Waals surface area (Å²) < 4.78 is 102. The minimum absolute atomic E-state index is 0.00875. The van der Waals surface area contributed by atoms with Crippen LogP contribution in [0.4, 0.5) is 5.69 Å². The van der Waals surface area contributed by atoms with Crippen molar-refractivity contribution in [3.05, 3.63) is 188 Å². The van der Waals surface area contributed by atoms with E-state index < -0.39 is 44.7 Å². The summed E-state index contributed by atoms with van der Waals surface area (Å²) in [7, 11) is 3.47. The summed E-state index contributed by atoms with van der Waals surface area (Å²) in [6.07, 6.45) is 19.4. The maximum atomic E-state index is 15.3. The Balaban J connectivity index is 0.000000157. The van der Waals surface area contributed by atoms with Gasteiger partial charge in [0.1, 0.15) is 21.8 Å². The quantitative estimate of drug-likeness (QED) is 0.0352. The van der Waals surface area contributed by atoms with Crippen LogP contribution in [0.15, 0.2) is 114 Å². The number of carbonyl (C=O) groups is 8. The number of aromatic nitrogens is 5. The van der Waals surface area contributed by atoms with Crippen LogP contribution >= 0.6 is 11.6 Å². The largest absolute Gasteiger partial charge is 0.490 e. The minimum Gasteiger partial charge on any atom is -0.490 e. The predicted molar refractivity (Wildman–Crippen MR) is 490 cm³/mol. The normalized spacial score (nSPS) is 27.4. The number of carbonyl (C=O) groups excluding carboxylic acids is 8. The van der Waals surface area contributed by atoms with Crippen molar-refractivity contribution >= 4 is 75.5 Å². The van der Waals surface area contributed by atoms with Crippen LogP contribution in [0, 0.1) is 17.8 Å². The lowest BCUT2D eigenvalue weighted by atomic mass is 9.68. The van der Waals surface area contributed by atoms with Crippen LogP contribution in [0.3, 0.4) is 0 Å². The van der Waals surface area contributed by atoms with Gasteiger partial charge in [-0.25, -0.2) is 23.4 Å². The number of nitrogens with zero attached hydrogens (tertiary/aromatic N) is 10. The van der Waals surface area contributed by atoms with E-state index in [4.69, 9.17) is 64.1 Å². The Morgan fingerprint density at radius 1 is 0.654 bits per heavy atom. The highest BCUT2D eigenvalue weighted by Crippen LogP contribution is 2.48. The number of amides is 2. The van der Waals surface area contributed by atoms with Crippen molar-refractivity contribution in [2.24, 2.45) is 22.1 Å². The molecule has 12 aliphatic rings. The highest BCUT2D eigenvalue weighted by atomic mass is 35.5. The number of aliphatic hydroxyl groups excluding tert-OH is 1. The molecule has 19 rings (SSSR count). The van der Waals surface area contributed by atoms with Gasteiger partial charge in [-0.1, -0.05) is 36.7 Å². The molecule has 5 saturated heterocycles. The van der Waals surface area contributed by atoms with Gasteiger partial charge < -0.3 is 94.8 Å². The Kier molecular flexibility index (Phi) is 32.3. The van der Waals surface area contributed by atoms with Gasteiger partial charge in [0.25, 0.3) is 11.8 Å². The maximum absolute atomic E-state index is 15.3. The van der Waals surface area contributed by atoms with Gasteiger partial charge in [-0.2, -0.15) is 0 Å². The first-order chi connectivity index (χ1) is 64.2. The van der Waals surface area contributed by atoms with Crippen LogP contribution in [0.2, 0.25) is 5.02 Å². The molecule has 133 heavy (non-hydrogen) atoms. The zero-order valence-electron chi connectivity index (χ0n) is 77.2. The monoisotopic (exact) mass is 1880 g/mol. The number of allylic oxidation sites excluding steroid dienone is 1. The highest BCUT2D eigenvalue weighted by Gasteiger charge is 2.46. The Morgan fingerprint density at radius 2 is 1.25 bits per heavy atom. The molecule has 35 nitrogen and oxygen atoms in total. The smallest absolute Gasteiger partial charge is 0.339 e. The molecule has 2 aromatic carbocycles. The summed E-state index contributed by atoms with van der Waals surface area (Å²) in [5.74, 6) is -2.13. The number of esters is 4. The Bertz CT molecular complexity index is 5460. The molecule has 10 aliphatic heterocycles. The molecule has 6 fully saturated rings. The van der Waals surface area contributed by atoms with E-state index in [1.54, 1.807) is 42.3 Å². The second-order valence-electron chi connectivity index (χ2n) is 36.7. The third kappa shape index (κ3) is 23.5. The molecule has 2 bridgehead atoms. The first-order valence-corrected chi connectivity index (χ1v) is 47.8. The number of rotatable bonds is 16. The van der Waals surface area contributed by atoms with Crippen molar-refractivity contribution in [1.82, 2.24) is 47.6 Å². The molecule has 0 radical (unpaired) electrons. The summed E-state index contributed by atoms with van der Waals surface area (Å²) in [6.45, 7) is 26.9. The molecular formula is C96H125ClN12O23S. The molecule has 2 amide bonds. The van der Waals surface area contributed by atoms with Crippen molar-refractivity contribution in [2.45, 2.75) is 171 Å². The third-order valence-electron chi connectivity index (χ3n) is 27.5. The number of hydrogen-bond donors (Lipinski definition) is 3. The van der Waals surface area contributed by atoms with Crippen LogP contribution in [0.1, 0.15) is 171 Å². The van der Waals surface area contributed by atoms with Gasteiger partial charge in [0.05, 0.1) is 182 Å². The number of methoxy groups -OCH3 is 5. The number of aldehydes is 2. The topological polar surface area (TPSA) is 370 Å². The summed E-state index contributed by atoms with van der Waals surface area (Å²) in [4.78, 5) is 110. The number of fused-ring (bicyclic) bond motifs is 9. The fourth-order valence-corrected chi connectivity index (χ4v) is 22.0. The molecule has 15 heterocycles. The van der Waals surface area contributed by atoms with E-state index in [9.17, 15) is 38.4 Å². The number of morpholine rings is 2. The minimum atomic E-state index is -3.67. The fourth-order valence-electron chi connectivity index (χ4n) is 19.9. The number of ether oxygens (including phenoxy) is 13. The lowest BCUT2D eigenvalue weighted by Gasteiger charge is -2.46. The second-order valence-corrected chi connectivity index (χ2v) is 39.4. The van der Waals surface area contributed by atoms with Gasteiger partial charge in [0.15, 0.2) is 18.4 Å². The van der Waals surface area contributed by atoms with Gasteiger partial charge in [0, 0.05) is 175 Å². The molecule has 37 heteroatoms. The zero-order valence-corrected chi connectivity index (χ0v) is 78.8. The van der Waals surface area contributed by atoms with Crippen molar-refractivity contribution in [2.75, 3.05) is 165 Å². The van der Waals surface area contributed by atoms with E-state index in [-0.39, 0.29) is 60.4 Å². The number of nitrogens with one attached hydrogen (secondary N) is 2. The number of hydrogen-bond acceptors (Lipinski definition) is 28. The molecule has 13 atom stereocenters. The average molecular weight is 1880 g/mol. The number of aromatic amines is 1. The lowest BCUT2D eigenvalue weighted by Crippen LogP contribution is -2.59. The molecule has 1 unspecified atom stereocenters. The molecule has 1 saturated carbocycles. The Labute approximate surface area is 780 Å². The predicted octanol–water partition coefficient (Wildman–Crippen LogP) is 8.72. The third-order valence-corrected chi connectivity index (χ3v) is 30.2. The molecule has 5 aromatic heterocycles. The van der Waals surface area contributed by atoms with Gasteiger partial charge in [-0.05, 0) is 149 Å². The van der Waals surface area contributed by atoms with Crippen molar-refractivity contribution in [1.29, 1.82) is 0 Å². The van der Waals surface area contributed by atoms with Crippen LogP contribution < -0.4 is 14.4 Å². The van der Waals surface area contributed by atoms with Crippen molar-refractivity contribution < 1.29 is 109 Å². The van der Waals surface area contributed by atoms with Crippen LogP contribution in [-0.4, -0.2) is 314 Å². The van der Waals surface area contributed by atoms with Gasteiger partial charge in [-0.3, -0.25) is 43.5 Å². The molecule has 2 aliphatic carbocycles. The number of benzene rings is 2. The highest BCUT2D eigenvalue weighted by molar-refractivity contribution is 7.93. The summed E-state index contributed by atoms with van der Waals surface area (Å²) >= 11 is 6.52. The standard InChI is InChI=1S/C49H63ClN6O7S.C17H25N3O4.C13H17NO5.C10H13NO4.C7H7NO3/c1-32-6-4-8-45(60-3)42-12-9-36(42)23-56-30-49(15-5-7-34-20-38(50)11-13-43(34)49)31-63-46-14-10-35(22-44(46)56)47(57)51-64(59,33(32)2)52-48(58)37-21-39-29-62-41(27-55(39)24-37)26-53-16-17-54-18-19-61-28-40(54)25-53;1-22-17(21)13-6-14-12-24-16(10-20(14)7-13)9-18-2-3-19-4-5-23-11-15(19)8-18;1-13(2)18-8-11(19-13)6-14-5-9(12(16)17-3)4-10(14)7-15;1-14-10(13)7-2-8-6-15-9(5-12)4-11(8)3-7;1-11-7(10)5-2-6(4-9)8-3-5/h4,8,10-11,13-14,20-22,24,32-33,36,40-42,45H,5-7,9,12,15-19,23,25-31H2,1-3H3,(H,51,52,57,58,59);6-7,15-16H,2-5,8-12H2,1H3;4-5,7,11H,6,8H2,1-3H3;2-3,9,12H,4-6H2,1H3;2-4,8H,1H3/b8-4+;;;;/t32-,33+,36-,40+,41-,42+,45-,49-,64?;15-,16+;11-;9-;/m0111./s1. The SMILES string of the molecule is COC(=O)c1c[nH]c(C=O)c1.COC(=O)c1cc(C=O)n(C[C@@H]2COC(C)(C)O2)c1.COC(=O)c1cc2n(c1)C[C@H](CN1CCN3CCOC[C@H]3C1)OC2.COC(=O)c1cc2n(c1)C[C@H](CO)OC2.CO[C@H]1/C=C/C[C@H](C)[C@@H](C)S(=O)(NC(=O)c2cc3n(c2)C[C@H](CN2CCN4CCOC[C@H]4C2)OC3)=NC(=O)c2ccc3c(c2)N(C[C@@H]2CC[C@H]21)C[C@@]1(CCCc2cc(Cl)ccc21)CO3. The zero-order chi connectivity index (χ0) is 93.8. The second kappa shape index (κ2) is 43.9. The van der Waals surface area contributed by atoms with E-state index in [2.05, 4.69) is 86.2 Å². The molecule has 1 spiro atoms. The Hall–Kier alpha value is -9.74. The van der Waals surface area contributed by atoms with E-state index in [1.807, 2.05) is 68.9 Å². The lowest BCUT2D eigenvalue weighted by molar-refractivity contribution is -0.139. The van der Waals surface area contributed by atoms with Crippen LogP contribution in [0.25, 0.3) is 0 Å². The number of aliphatic hydroxyl groups is 1. The summed E-state index contributed by atoms with van der Waals surface area (Å²) in [5, 5.41) is 9.02. The van der Waals surface area contributed by atoms with Gasteiger partial charge >= 0.3 is 23.9 Å². The first kappa shape index (κ1) is 97.8. The van der Waals surface area contributed by atoms with E-state index in [0.717, 1.165) is 165 Å². The van der Waals surface area contributed by atoms with Crippen LogP contribution in [-0.2, 0) is 125 Å². The van der Waals surface area contributed by atoms with Crippen molar-refractivity contribution in [3.8, 4) is 5.75 Å². The Morgan fingerprint density at radius 3 is 1.81 bits per heavy atom. The average Bonchev–Trinajstić information content (AvgIpc) is 1.69. The summed E-state index contributed by atoms with van der Waals surface area (Å²) in [6, 6.07) is 21.0. The van der Waals surface area contributed by atoms with E-state index >= 15 is 4.21 Å². The number of aryl methyl sites for hydroxylation is 1. The number of halogens is 1. The van der Waals surface area contributed by atoms with Gasteiger partial charge in [0.2, 0.25) is 0 Å². The number of anilines is 1. The van der Waals surface area contributed by atoms with Gasteiger partial charge in [-0.15, -0.1) is 4.36 Å². The molecule has 7 aromatic rings. The molecule has 720 valence electrons. The number of piperazine rings is 2. The first-order valence-electron chi connectivity index (χ1n) is 45.8. The molecular weight excluding hydrogens is 1760 g/mol. The maximum Gasteiger partial charge on any atom is 0.339 e. The number of H-pyrrole nitrogens is 1. The fraction of sp³-hybridized carbons (Fsp3) is 0.562.